The molecular formula is C17H24N2O5. The van der Waals surface area contributed by atoms with Crippen molar-refractivity contribution < 1.29 is 24.2 Å². The smallest absolute Gasteiger partial charge is 0.334 e. The number of carbonyl (C=O) groups excluding carboxylic acids is 1. The summed E-state index contributed by atoms with van der Waals surface area (Å²) in [5.74, 6) is 0.174. The van der Waals surface area contributed by atoms with E-state index in [1.807, 2.05) is 24.3 Å². The minimum Gasteiger partial charge on any atom is -0.492 e. The summed E-state index contributed by atoms with van der Waals surface area (Å²) >= 11 is 0. The van der Waals surface area contributed by atoms with Gasteiger partial charge in [-0.15, -0.1) is 0 Å². The highest BCUT2D eigenvalue weighted by Gasteiger charge is 2.28. The summed E-state index contributed by atoms with van der Waals surface area (Å²) in [7, 11) is 0. The number of carboxylic acids is 1. The van der Waals surface area contributed by atoms with Crippen LogP contribution >= 0.6 is 0 Å². The van der Waals surface area contributed by atoms with Gasteiger partial charge in [0, 0.05) is 6.54 Å². The van der Waals surface area contributed by atoms with Crippen molar-refractivity contribution in [3.05, 3.63) is 29.8 Å². The number of benzene rings is 1. The van der Waals surface area contributed by atoms with Crippen LogP contribution in [0.25, 0.3) is 0 Å². The minimum atomic E-state index is -1.05. The Morgan fingerprint density at radius 1 is 1.38 bits per heavy atom. The Bertz CT molecular complexity index is 559. The SMILES string of the molecule is CC(C)c1ccc(OCCNC(=O)N2CCOC(C(=O)O)C2)cc1. The molecule has 1 aromatic rings. The third-order valence-corrected chi connectivity index (χ3v) is 3.82. The number of hydrogen-bond donors (Lipinski definition) is 2. The van der Waals surface area contributed by atoms with E-state index in [0.29, 0.717) is 25.6 Å². The average Bonchev–Trinajstić information content (AvgIpc) is 2.59. The lowest BCUT2D eigenvalue weighted by Crippen LogP contribution is -2.52. The summed E-state index contributed by atoms with van der Waals surface area (Å²) in [5.41, 5.74) is 1.25. The van der Waals surface area contributed by atoms with Crippen LogP contribution in [0.15, 0.2) is 24.3 Å². The number of nitrogens with one attached hydrogen (secondary N) is 1. The molecule has 1 saturated heterocycles. The summed E-state index contributed by atoms with van der Waals surface area (Å²) in [6, 6.07) is 7.58. The molecule has 0 saturated carbocycles. The van der Waals surface area contributed by atoms with Gasteiger partial charge in [0.05, 0.1) is 19.7 Å². The number of ether oxygens (including phenoxy) is 2. The van der Waals surface area contributed by atoms with E-state index < -0.39 is 12.1 Å². The molecule has 1 atom stereocenters. The number of nitrogens with zero attached hydrogens (tertiary/aromatic N) is 1. The molecule has 0 aliphatic carbocycles. The third kappa shape index (κ3) is 5.13. The van der Waals surface area contributed by atoms with Gasteiger partial charge in [-0.25, -0.2) is 9.59 Å². The normalized spacial score (nSPS) is 17.6. The van der Waals surface area contributed by atoms with Crippen LogP contribution in [0.3, 0.4) is 0 Å². The van der Waals surface area contributed by atoms with Gasteiger partial charge in [-0.2, -0.15) is 0 Å². The maximum atomic E-state index is 12.0. The Morgan fingerprint density at radius 2 is 2.08 bits per heavy atom. The molecule has 1 fully saturated rings. The third-order valence-electron chi connectivity index (χ3n) is 3.82. The highest BCUT2D eigenvalue weighted by Crippen LogP contribution is 2.18. The van der Waals surface area contributed by atoms with Crippen molar-refractivity contribution in [1.29, 1.82) is 0 Å². The first kappa shape index (κ1) is 18.1. The number of urea groups is 1. The van der Waals surface area contributed by atoms with E-state index >= 15 is 0 Å². The molecule has 1 heterocycles. The molecular weight excluding hydrogens is 312 g/mol. The highest BCUT2D eigenvalue weighted by molar-refractivity contribution is 5.77. The predicted octanol–water partition coefficient (Wildman–Crippen LogP) is 1.68. The van der Waals surface area contributed by atoms with Gasteiger partial charge in [0.25, 0.3) is 0 Å². The number of hydrogen-bond acceptors (Lipinski definition) is 4. The summed E-state index contributed by atoms with van der Waals surface area (Å²) in [6.45, 7) is 5.62. The maximum Gasteiger partial charge on any atom is 0.334 e. The van der Waals surface area contributed by atoms with Gasteiger partial charge in [0.1, 0.15) is 12.4 Å². The molecule has 2 N–H and O–H groups in total. The van der Waals surface area contributed by atoms with Crippen molar-refractivity contribution in [2.24, 2.45) is 0 Å². The monoisotopic (exact) mass is 336 g/mol. The number of amides is 2. The zero-order valence-electron chi connectivity index (χ0n) is 14.0. The lowest BCUT2D eigenvalue weighted by molar-refractivity contribution is -0.154. The zero-order chi connectivity index (χ0) is 17.5. The second kappa shape index (κ2) is 8.54. The molecule has 7 nitrogen and oxygen atoms in total. The molecule has 0 bridgehead atoms. The van der Waals surface area contributed by atoms with E-state index in [2.05, 4.69) is 19.2 Å². The average molecular weight is 336 g/mol. The fourth-order valence-electron chi connectivity index (χ4n) is 2.37. The molecule has 7 heteroatoms. The van der Waals surface area contributed by atoms with Gasteiger partial charge in [0.2, 0.25) is 0 Å². The summed E-state index contributed by atoms with van der Waals surface area (Å²) in [4.78, 5) is 24.4. The molecule has 2 amide bonds. The van der Waals surface area contributed by atoms with E-state index in [-0.39, 0.29) is 19.2 Å². The molecule has 24 heavy (non-hydrogen) atoms. The van der Waals surface area contributed by atoms with Gasteiger partial charge in [-0.1, -0.05) is 26.0 Å². The van der Waals surface area contributed by atoms with Crippen LogP contribution in [0.2, 0.25) is 0 Å². The van der Waals surface area contributed by atoms with Crippen molar-refractivity contribution in [3.8, 4) is 5.75 Å². The molecule has 1 unspecified atom stereocenters. The molecule has 132 valence electrons. The first-order chi connectivity index (χ1) is 11.5. The lowest BCUT2D eigenvalue weighted by Gasteiger charge is -2.30. The topological polar surface area (TPSA) is 88.1 Å². The first-order valence-electron chi connectivity index (χ1n) is 8.07. The minimum absolute atomic E-state index is 0.0543. The number of carbonyl (C=O) groups is 2. The number of rotatable bonds is 6. The van der Waals surface area contributed by atoms with Crippen molar-refractivity contribution in [3.63, 3.8) is 0 Å². The van der Waals surface area contributed by atoms with Crippen molar-refractivity contribution in [2.45, 2.75) is 25.9 Å². The molecule has 0 spiro atoms. The second-order valence-electron chi connectivity index (χ2n) is 5.95. The summed E-state index contributed by atoms with van der Waals surface area (Å²) < 4.78 is 10.7. The van der Waals surface area contributed by atoms with Gasteiger partial charge in [-0.3, -0.25) is 0 Å². The number of carboxylic acid groups (broad SMARTS) is 1. The van der Waals surface area contributed by atoms with Crippen LogP contribution in [-0.2, 0) is 9.53 Å². The standard InChI is InChI=1S/C17H24N2O5/c1-12(2)13-3-5-14(6-4-13)23-9-7-18-17(22)19-8-10-24-15(11-19)16(20)21/h3-6,12,15H,7-11H2,1-2H3,(H,18,22)(H,20,21). The molecule has 1 aliphatic rings. The Labute approximate surface area is 141 Å². The largest absolute Gasteiger partial charge is 0.492 e. The van der Waals surface area contributed by atoms with Crippen LogP contribution in [0.1, 0.15) is 25.3 Å². The van der Waals surface area contributed by atoms with E-state index in [4.69, 9.17) is 14.6 Å². The Morgan fingerprint density at radius 3 is 2.71 bits per heavy atom. The summed E-state index contributed by atoms with van der Waals surface area (Å²) in [5, 5.41) is 11.7. The van der Waals surface area contributed by atoms with Crippen LogP contribution in [0.5, 0.6) is 5.75 Å². The van der Waals surface area contributed by atoms with Gasteiger partial charge in [0.15, 0.2) is 6.10 Å². The Hall–Kier alpha value is -2.28. The van der Waals surface area contributed by atoms with Crippen LogP contribution in [0.4, 0.5) is 4.79 Å². The predicted molar refractivity (Wildman–Crippen MR) is 88.4 cm³/mol. The van der Waals surface area contributed by atoms with E-state index in [1.54, 1.807) is 0 Å². The molecule has 1 aliphatic heterocycles. The number of morpholine rings is 1. The van der Waals surface area contributed by atoms with Crippen LogP contribution in [-0.4, -0.2) is 61.0 Å². The molecule has 2 rings (SSSR count). The molecule has 0 radical (unpaired) electrons. The van der Waals surface area contributed by atoms with E-state index in [9.17, 15) is 9.59 Å². The second-order valence-corrected chi connectivity index (χ2v) is 5.95. The van der Waals surface area contributed by atoms with E-state index in [1.165, 1.54) is 10.5 Å². The van der Waals surface area contributed by atoms with Crippen molar-refractivity contribution in [2.75, 3.05) is 32.8 Å². The lowest BCUT2D eigenvalue weighted by atomic mass is 10.0. The van der Waals surface area contributed by atoms with Crippen LogP contribution in [0, 0.1) is 0 Å². The van der Waals surface area contributed by atoms with Gasteiger partial charge < -0.3 is 24.8 Å². The van der Waals surface area contributed by atoms with Crippen LogP contribution < -0.4 is 10.1 Å². The summed E-state index contributed by atoms with van der Waals surface area (Å²) in [6.07, 6.45) is -0.958. The van der Waals surface area contributed by atoms with Crippen molar-refractivity contribution >= 4 is 12.0 Å². The highest BCUT2D eigenvalue weighted by atomic mass is 16.5. The zero-order valence-corrected chi connectivity index (χ0v) is 14.0. The van der Waals surface area contributed by atoms with Crippen molar-refractivity contribution in [1.82, 2.24) is 10.2 Å². The maximum absolute atomic E-state index is 12.0. The molecule has 0 aromatic heterocycles. The fourth-order valence-corrected chi connectivity index (χ4v) is 2.37. The van der Waals surface area contributed by atoms with Gasteiger partial charge in [-0.05, 0) is 23.6 Å². The molecule has 1 aromatic carbocycles. The Balaban J connectivity index is 1.70. The Kier molecular flexibility index (Phi) is 6.43. The fraction of sp³-hybridized carbons (Fsp3) is 0.529. The quantitative estimate of drug-likeness (QED) is 0.772. The first-order valence-corrected chi connectivity index (χ1v) is 8.07. The number of aliphatic carboxylic acids is 1. The van der Waals surface area contributed by atoms with Gasteiger partial charge >= 0.3 is 12.0 Å². The van der Waals surface area contributed by atoms with E-state index in [0.717, 1.165) is 5.75 Å².